The summed E-state index contributed by atoms with van der Waals surface area (Å²) >= 11 is 0. The van der Waals surface area contributed by atoms with Gasteiger partial charge in [0.1, 0.15) is 5.82 Å². The first-order chi connectivity index (χ1) is 14.4. The van der Waals surface area contributed by atoms with Crippen LogP contribution in [0.2, 0.25) is 0 Å². The van der Waals surface area contributed by atoms with Crippen molar-refractivity contribution < 1.29 is 18.7 Å². The summed E-state index contributed by atoms with van der Waals surface area (Å²) < 4.78 is 19.3. The standard InChI is InChI=1S/C23H30FN3O3/c1-4-11-27-19(15-26-12-9-16(3)10-13-26)20(22(28)30-5-2)21(25-23(27)29)17-7-6-8-18(24)14-17/h4,6-8,14,16,21H,1,5,9-13,15H2,2-3H3,(H,25,29)/t21-/m1/s1. The Labute approximate surface area is 177 Å². The van der Waals surface area contributed by atoms with E-state index in [1.165, 1.54) is 17.0 Å². The Morgan fingerprint density at radius 2 is 2.10 bits per heavy atom. The van der Waals surface area contributed by atoms with Gasteiger partial charge < -0.3 is 10.1 Å². The van der Waals surface area contributed by atoms with Crippen LogP contribution in [0.5, 0.6) is 0 Å². The van der Waals surface area contributed by atoms with E-state index >= 15 is 0 Å². The van der Waals surface area contributed by atoms with Gasteiger partial charge in [0.25, 0.3) is 0 Å². The summed E-state index contributed by atoms with van der Waals surface area (Å²) in [6, 6.07) is 4.84. The molecule has 0 aromatic heterocycles. The number of rotatable bonds is 7. The van der Waals surface area contributed by atoms with E-state index in [1.54, 1.807) is 25.1 Å². The van der Waals surface area contributed by atoms with Gasteiger partial charge in [-0.25, -0.2) is 14.0 Å². The van der Waals surface area contributed by atoms with Gasteiger partial charge >= 0.3 is 12.0 Å². The van der Waals surface area contributed by atoms with Crippen LogP contribution in [0.25, 0.3) is 0 Å². The molecule has 1 N–H and O–H groups in total. The molecule has 2 amide bonds. The maximum Gasteiger partial charge on any atom is 0.338 e. The van der Waals surface area contributed by atoms with Crippen molar-refractivity contribution in [1.82, 2.24) is 15.1 Å². The third kappa shape index (κ3) is 4.90. The Kier molecular flexibility index (Phi) is 7.26. The van der Waals surface area contributed by atoms with Gasteiger partial charge in [0.2, 0.25) is 0 Å². The lowest BCUT2D eigenvalue weighted by molar-refractivity contribution is -0.139. The molecule has 1 aromatic rings. The van der Waals surface area contributed by atoms with Gasteiger partial charge in [0.05, 0.1) is 18.2 Å². The maximum absolute atomic E-state index is 13.9. The van der Waals surface area contributed by atoms with Crippen LogP contribution in [0.1, 0.15) is 38.3 Å². The number of ether oxygens (including phenoxy) is 1. The predicted octanol–water partition coefficient (Wildman–Crippen LogP) is 3.63. The number of urea groups is 1. The van der Waals surface area contributed by atoms with Crippen molar-refractivity contribution in [2.75, 3.05) is 32.8 Å². The van der Waals surface area contributed by atoms with Crippen LogP contribution in [0, 0.1) is 11.7 Å². The van der Waals surface area contributed by atoms with Crippen LogP contribution in [0.3, 0.4) is 0 Å². The number of benzene rings is 1. The van der Waals surface area contributed by atoms with Gasteiger partial charge in [-0.2, -0.15) is 0 Å². The highest BCUT2D eigenvalue weighted by molar-refractivity contribution is 5.95. The molecule has 0 bridgehead atoms. The van der Waals surface area contributed by atoms with Crippen molar-refractivity contribution in [2.45, 2.75) is 32.7 Å². The number of hydrogen-bond donors (Lipinski definition) is 1. The number of likely N-dealkylation sites (tertiary alicyclic amines) is 1. The summed E-state index contributed by atoms with van der Waals surface area (Å²) in [5.41, 5.74) is 1.46. The van der Waals surface area contributed by atoms with E-state index in [4.69, 9.17) is 4.74 Å². The molecule has 0 saturated carbocycles. The highest BCUT2D eigenvalue weighted by Gasteiger charge is 2.38. The Balaban J connectivity index is 2.07. The van der Waals surface area contributed by atoms with Crippen LogP contribution in [0.4, 0.5) is 9.18 Å². The number of nitrogens with zero attached hydrogens (tertiary/aromatic N) is 2. The smallest absolute Gasteiger partial charge is 0.338 e. The van der Waals surface area contributed by atoms with Crippen molar-refractivity contribution in [3.05, 3.63) is 59.6 Å². The second-order valence-corrected chi connectivity index (χ2v) is 7.88. The summed E-state index contributed by atoms with van der Waals surface area (Å²) in [7, 11) is 0. The quantitative estimate of drug-likeness (QED) is 0.546. The Hall–Kier alpha value is -2.67. The third-order valence-electron chi connectivity index (χ3n) is 5.68. The van der Waals surface area contributed by atoms with Gasteiger partial charge in [0.15, 0.2) is 0 Å². The number of nitrogens with one attached hydrogen (secondary N) is 1. The number of piperidine rings is 1. The van der Waals surface area contributed by atoms with E-state index in [9.17, 15) is 14.0 Å². The van der Waals surface area contributed by atoms with Crippen LogP contribution in [-0.4, -0.2) is 54.6 Å². The molecule has 0 unspecified atom stereocenters. The number of hydrogen-bond acceptors (Lipinski definition) is 4. The largest absolute Gasteiger partial charge is 0.463 e. The van der Waals surface area contributed by atoms with Gasteiger partial charge in [-0.15, -0.1) is 6.58 Å². The number of carbonyl (C=O) groups excluding carboxylic acids is 2. The summed E-state index contributed by atoms with van der Waals surface area (Å²) in [5, 5.41) is 2.85. The topological polar surface area (TPSA) is 61.9 Å². The van der Waals surface area contributed by atoms with E-state index in [0.29, 0.717) is 29.3 Å². The van der Waals surface area contributed by atoms with Crippen molar-refractivity contribution >= 4 is 12.0 Å². The minimum Gasteiger partial charge on any atom is -0.463 e. The first kappa shape index (κ1) is 22.0. The normalized spacial score (nSPS) is 20.8. The van der Waals surface area contributed by atoms with Gasteiger partial charge in [0, 0.05) is 18.8 Å². The lowest BCUT2D eigenvalue weighted by Gasteiger charge is -2.39. The van der Waals surface area contributed by atoms with E-state index in [-0.39, 0.29) is 19.2 Å². The number of carbonyl (C=O) groups is 2. The van der Waals surface area contributed by atoms with Gasteiger partial charge in [-0.3, -0.25) is 9.80 Å². The fourth-order valence-corrected chi connectivity index (χ4v) is 4.01. The molecule has 1 atom stereocenters. The highest BCUT2D eigenvalue weighted by Crippen LogP contribution is 2.33. The summed E-state index contributed by atoms with van der Waals surface area (Å²) in [4.78, 5) is 29.8. The third-order valence-corrected chi connectivity index (χ3v) is 5.68. The molecule has 0 radical (unpaired) electrons. The highest BCUT2D eigenvalue weighted by atomic mass is 19.1. The van der Waals surface area contributed by atoms with Crippen LogP contribution in [0.15, 0.2) is 48.2 Å². The Morgan fingerprint density at radius 1 is 1.37 bits per heavy atom. The Bertz CT molecular complexity index is 831. The molecule has 2 heterocycles. The molecule has 30 heavy (non-hydrogen) atoms. The van der Waals surface area contributed by atoms with Crippen LogP contribution >= 0.6 is 0 Å². The molecule has 6 nitrogen and oxygen atoms in total. The van der Waals surface area contributed by atoms with Crippen molar-refractivity contribution in [2.24, 2.45) is 5.92 Å². The minimum absolute atomic E-state index is 0.210. The predicted molar refractivity (Wildman–Crippen MR) is 113 cm³/mol. The second kappa shape index (κ2) is 9.89. The lowest BCUT2D eigenvalue weighted by atomic mass is 9.93. The number of halogens is 1. The molecule has 1 saturated heterocycles. The van der Waals surface area contributed by atoms with Crippen LogP contribution in [-0.2, 0) is 9.53 Å². The average Bonchev–Trinajstić information content (AvgIpc) is 2.72. The molecule has 1 fully saturated rings. The van der Waals surface area contributed by atoms with E-state index in [0.717, 1.165) is 25.9 Å². The fraction of sp³-hybridized carbons (Fsp3) is 0.478. The summed E-state index contributed by atoms with van der Waals surface area (Å²) in [5.74, 6) is -0.259. The molecule has 162 valence electrons. The fourth-order valence-electron chi connectivity index (χ4n) is 4.01. The lowest BCUT2D eigenvalue weighted by Crippen LogP contribution is -2.51. The molecule has 1 aromatic carbocycles. The molecule has 3 rings (SSSR count). The molecule has 2 aliphatic heterocycles. The minimum atomic E-state index is -0.771. The van der Waals surface area contributed by atoms with E-state index < -0.39 is 17.8 Å². The molecule has 2 aliphatic rings. The SMILES string of the molecule is C=CCN1C(=O)N[C@H](c2cccc(F)c2)C(C(=O)OCC)=C1CN1CCC(C)CC1. The second-order valence-electron chi connectivity index (χ2n) is 7.88. The summed E-state index contributed by atoms with van der Waals surface area (Å²) in [6.45, 7) is 10.5. The van der Waals surface area contributed by atoms with Gasteiger partial charge in [-0.05, 0) is 56.5 Å². The zero-order chi connectivity index (χ0) is 21.7. The molecule has 0 spiro atoms. The summed E-state index contributed by atoms with van der Waals surface area (Å²) in [6.07, 6.45) is 3.77. The van der Waals surface area contributed by atoms with Crippen molar-refractivity contribution in [3.8, 4) is 0 Å². The first-order valence-electron chi connectivity index (χ1n) is 10.5. The molecular weight excluding hydrogens is 385 g/mol. The number of esters is 1. The molecule has 0 aliphatic carbocycles. The zero-order valence-corrected chi connectivity index (χ0v) is 17.7. The van der Waals surface area contributed by atoms with Crippen LogP contribution < -0.4 is 5.32 Å². The first-order valence-corrected chi connectivity index (χ1v) is 10.5. The van der Waals surface area contributed by atoms with E-state index in [2.05, 4.69) is 23.7 Å². The maximum atomic E-state index is 13.9. The van der Waals surface area contributed by atoms with Crippen molar-refractivity contribution in [1.29, 1.82) is 0 Å². The average molecular weight is 416 g/mol. The van der Waals surface area contributed by atoms with Crippen molar-refractivity contribution in [3.63, 3.8) is 0 Å². The van der Waals surface area contributed by atoms with E-state index in [1.807, 2.05) is 0 Å². The molecule has 7 heteroatoms. The van der Waals surface area contributed by atoms with Gasteiger partial charge in [-0.1, -0.05) is 25.1 Å². The Morgan fingerprint density at radius 3 is 2.73 bits per heavy atom. The molecular formula is C23H30FN3O3. The monoisotopic (exact) mass is 415 g/mol. The zero-order valence-electron chi connectivity index (χ0n) is 17.7. The number of amides is 2.